The monoisotopic (exact) mass is 381 g/mol. The predicted octanol–water partition coefficient (Wildman–Crippen LogP) is 5.32. The highest BCUT2D eigenvalue weighted by molar-refractivity contribution is 7.84. The number of nitrogens with one attached hydrogen (secondary N) is 1. The van der Waals surface area contributed by atoms with E-state index in [0.29, 0.717) is 17.9 Å². The first-order chi connectivity index (χ1) is 12.2. The first-order valence-electron chi connectivity index (χ1n) is 8.44. The normalized spacial score (nSPS) is 14.3. The number of halogens is 2. The van der Waals surface area contributed by atoms with Crippen LogP contribution in [0.15, 0.2) is 48.5 Å². The number of hydrogen-bond acceptors (Lipinski definition) is 2. The summed E-state index contributed by atoms with van der Waals surface area (Å²) in [6.07, 6.45) is -2.60. The van der Waals surface area contributed by atoms with Crippen LogP contribution < -0.4 is 9.46 Å². The van der Waals surface area contributed by atoms with Gasteiger partial charge in [0, 0.05) is 11.6 Å². The fraction of sp³-hybridized carbons (Fsp3) is 0.400. The van der Waals surface area contributed by atoms with Gasteiger partial charge in [0.05, 0.1) is 15.7 Å². The molecule has 0 aliphatic heterocycles. The first kappa shape index (κ1) is 20.5. The van der Waals surface area contributed by atoms with Crippen LogP contribution in [0, 0.1) is 0 Å². The second-order valence-corrected chi connectivity index (χ2v) is 9.13. The summed E-state index contributed by atoms with van der Waals surface area (Å²) >= 11 is 0. The van der Waals surface area contributed by atoms with Crippen molar-refractivity contribution in [1.82, 2.24) is 4.72 Å². The summed E-state index contributed by atoms with van der Waals surface area (Å²) in [6.45, 7) is 7.66. The molecular weight excluding hydrogens is 356 g/mol. The van der Waals surface area contributed by atoms with E-state index in [4.69, 9.17) is 4.74 Å². The standard InChI is InChI=1S/C20H25F2NO2S/c1-14(23-26(24)20(2,3)4)16-10-17(19(21)22)12-18(11-16)25-13-15-8-6-5-7-9-15/h5-12,14,19,23H,13H2,1-4H3/t14-,26?/m1/s1. The molecule has 0 amide bonds. The Morgan fingerprint density at radius 1 is 1.08 bits per heavy atom. The van der Waals surface area contributed by atoms with E-state index in [-0.39, 0.29) is 11.6 Å². The Labute approximate surface area is 156 Å². The van der Waals surface area contributed by atoms with Gasteiger partial charge < -0.3 is 4.74 Å². The van der Waals surface area contributed by atoms with Crippen LogP contribution in [0.1, 0.15) is 56.9 Å². The lowest BCUT2D eigenvalue weighted by atomic mass is 10.1. The van der Waals surface area contributed by atoms with Crippen LogP contribution in [0.5, 0.6) is 5.75 Å². The van der Waals surface area contributed by atoms with Crippen molar-refractivity contribution in [3.8, 4) is 5.75 Å². The van der Waals surface area contributed by atoms with Gasteiger partial charge >= 0.3 is 0 Å². The van der Waals surface area contributed by atoms with E-state index in [9.17, 15) is 13.0 Å². The van der Waals surface area contributed by atoms with E-state index < -0.39 is 22.2 Å². The van der Waals surface area contributed by atoms with Crippen LogP contribution in [0.3, 0.4) is 0 Å². The zero-order valence-corrected chi connectivity index (χ0v) is 16.3. The van der Waals surface area contributed by atoms with Crippen LogP contribution in [-0.2, 0) is 17.6 Å². The fourth-order valence-electron chi connectivity index (χ4n) is 2.25. The first-order valence-corrected chi connectivity index (χ1v) is 9.59. The van der Waals surface area contributed by atoms with Gasteiger partial charge in [0.1, 0.15) is 12.4 Å². The van der Waals surface area contributed by atoms with Gasteiger partial charge in [0.15, 0.2) is 0 Å². The summed E-state index contributed by atoms with van der Waals surface area (Å²) in [6, 6.07) is 13.7. The van der Waals surface area contributed by atoms with Crippen LogP contribution in [0.2, 0.25) is 0 Å². The highest BCUT2D eigenvalue weighted by Crippen LogP contribution is 2.29. The van der Waals surface area contributed by atoms with Crippen molar-refractivity contribution in [2.45, 2.75) is 51.5 Å². The molecule has 0 saturated carbocycles. The maximum absolute atomic E-state index is 13.3. The van der Waals surface area contributed by atoms with Crippen molar-refractivity contribution in [3.05, 3.63) is 65.2 Å². The van der Waals surface area contributed by atoms with Gasteiger partial charge in [0.2, 0.25) is 0 Å². The minimum atomic E-state index is -2.60. The Kier molecular flexibility index (Phi) is 6.89. The van der Waals surface area contributed by atoms with Crippen molar-refractivity contribution >= 4 is 11.0 Å². The lowest BCUT2D eigenvalue weighted by Gasteiger charge is -2.23. The van der Waals surface area contributed by atoms with E-state index in [1.807, 2.05) is 51.1 Å². The molecule has 2 aromatic carbocycles. The Balaban J connectivity index is 2.20. The van der Waals surface area contributed by atoms with Crippen molar-refractivity contribution in [2.75, 3.05) is 0 Å². The van der Waals surface area contributed by atoms with Gasteiger partial charge in [0.25, 0.3) is 6.43 Å². The summed E-state index contributed by atoms with van der Waals surface area (Å²) in [5.41, 5.74) is 1.46. The molecule has 2 atom stereocenters. The number of rotatable bonds is 7. The average molecular weight is 381 g/mol. The van der Waals surface area contributed by atoms with Crippen LogP contribution >= 0.6 is 0 Å². The van der Waals surface area contributed by atoms with Gasteiger partial charge in [-0.1, -0.05) is 30.3 Å². The predicted molar refractivity (Wildman–Crippen MR) is 102 cm³/mol. The van der Waals surface area contributed by atoms with Gasteiger partial charge in [-0.25, -0.2) is 17.7 Å². The molecule has 0 aromatic heterocycles. The zero-order valence-electron chi connectivity index (χ0n) is 15.5. The molecule has 0 bridgehead atoms. The molecule has 0 saturated heterocycles. The van der Waals surface area contributed by atoms with Crippen molar-refractivity contribution in [1.29, 1.82) is 0 Å². The Bertz CT molecular complexity index is 745. The quantitative estimate of drug-likeness (QED) is 0.705. The minimum Gasteiger partial charge on any atom is -0.489 e. The van der Waals surface area contributed by atoms with Crippen molar-refractivity contribution < 1.29 is 17.7 Å². The Morgan fingerprint density at radius 3 is 2.27 bits per heavy atom. The SMILES string of the molecule is C[C@@H](NS(=O)C(C)(C)C)c1cc(OCc2ccccc2)cc(C(F)F)c1. The third-order valence-electron chi connectivity index (χ3n) is 3.79. The van der Waals surface area contributed by atoms with Crippen LogP contribution in [0.4, 0.5) is 8.78 Å². The highest BCUT2D eigenvalue weighted by Gasteiger charge is 2.22. The zero-order chi connectivity index (χ0) is 19.3. The lowest BCUT2D eigenvalue weighted by molar-refractivity contribution is 0.150. The number of ether oxygens (including phenoxy) is 1. The van der Waals surface area contributed by atoms with Gasteiger partial charge in [-0.3, -0.25) is 0 Å². The summed E-state index contributed by atoms with van der Waals surface area (Å²) in [5.74, 6) is 0.372. The van der Waals surface area contributed by atoms with Crippen LogP contribution in [-0.4, -0.2) is 8.96 Å². The maximum atomic E-state index is 13.3. The topological polar surface area (TPSA) is 38.3 Å². The molecule has 0 fully saturated rings. The second kappa shape index (κ2) is 8.73. The largest absolute Gasteiger partial charge is 0.489 e. The molecule has 0 heterocycles. The van der Waals surface area contributed by atoms with E-state index in [1.165, 1.54) is 12.1 Å². The minimum absolute atomic E-state index is 0.110. The molecule has 0 radical (unpaired) electrons. The molecule has 6 heteroatoms. The summed E-state index contributed by atoms with van der Waals surface area (Å²) in [7, 11) is -1.30. The van der Waals surface area contributed by atoms with E-state index in [2.05, 4.69) is 4.72 Å². The molecule has 1 N–H and O–H groups in total. The third kappa shape index (κ3) is 5.88. The molecule has 26 heavy (non-hydrogen) atoms. The summed E-state index contributed by atoms with van der Waals surface area (Å²) in [5, 5.41) is 0. The smallest absolute Gasteiger partial charge is 0.263 e. The van der Waals surface area contributed by atoms with E-state index >= 15 is 0 Å². The molecule has 2 rings (SSSR count). The molecule has 2 aromatic rings. The molecule has 0 aliphatic rings. The summed E-state index contributed by atoms with van der Waals surface area (Å²) in [4.78, 5) is 0. The fourth-order valence-corrected chi connectivity index (χ4v) is 3.06. The van der Waals surface area contributed by atoms with E-state index in [1.54, 1.807) is 13.0 Å². The Morgan fingerprint density at radius 2 is 1.69 bits per heavy atom. The number of hydrogen-bond donors (Lipinski definition) is 1. The second-order valence-electron chi connectivity index (χ2n) is 7.13. The van der Waals surface area contributed by atoms with Gasteiger partial charge in [-0.05, 0) is 57.0 Å². The van der Waals surface area contributed by atoms with Crippen molar-refractivity contribution in [3.63, 3.8) is 0 Å². The van der Waals surface area contributed by atoms with Gasteiger partial charge in [-0.2, -0.15) is 0 Å². The lowest BCUT2D eigenvalue weighted by Crippen LogP contribution is -2.34. The van der Waals surface area contributed by atoms with Gasteiger partial charge in [-0.15, -0.1) is 0 Å². The molecule has 1 unspecified atom stereocenters. The maximum Gasteiger partial charge on any atom is 0.263 e. The number of alkyl halides is 2. The number of benzene rings is 2. The molecule has 0 aliphatic carbocycles. The molecule has 3 nitrogen and oxygen atoms in total. The third-order valence-corrected chi connectivity index (χ3v) is 5.47. The molecule has 0 spiro atoms. The molecule has 142 valence electrons. The Hall–Kier alpha value is -1.79. The average Bonchev–Trinajstić information content (AvgIpc) is 2.59. The summed E-state index contributed by atoms with van der Waals surface area (Å²) < 4.78 is 47.1. The highest BCUT2D eigenvalue weighted by atomic mass is 32.2. The van der Waals surface area contributed by atoms with Crippen LogP contribution in [0.25, 0.3) is 0 Å². The van der Waals surface area contributed by atoms with E-state index in [0.717, 1.165) is 5.56 Å². The van der Waals surface area contributed by atoms with Crippen molar-refractivity contribution in [2.24, 2.45) is 0 Å². The molecular formula is C20H25F2NO2S.